The third-order valence-electron chi connectivity index (χ3n) is 4.43. The maximum Gasteiger partial charge on any atom is 1.00 e. The van der Waals surface area contributed by atoms with Gasteiger partial charge in [-0.05, 0) is 50.2 Å². The second-order valence-corrected chi connectivity index (χ2v) is 6.18. The first-order valence-corrected chi connectivity index (χ1v) is 8.21. The van der Waals surface area contributed by atoms with Crippen molar-refractivity contribution in [2.45, 2.75) is 18.9 Å². The monoisotopic (exact) mass is 336 g/mol. The maximum atomic E-state index is 10.8. The van der Waals surface area contributed by atoms with Gasteiger partial charge in [0.2, 0.25) is 0 Å². The quantitative estimate of drug-likeness (QED) is 0.584. The van der Waals surface area contributed by atoms with Crippen molar-refractivity contribution in [3.8, 4) is 5.75 Å². The van der Waals surface area contributed by atoms with E-state index >= 15 is 0 Å². The zero-order valence-corrected chi connectivity index (χ0v) is 14.4. The van der Waals surface area contributed by atoms with Crippen LogP contribution in [-0.2, 0) is 4.79 Å². The number of carbonyl (C=O) groups excluding carboxylic acids is 1. The fourth-order valence-corrected chi connectivity index (χ4v) is 3.09. The molecule has 1 aromatic heterocycles. The molecule has 0 spiro atoms. The SMILES string of the molecule is O=C([O-])C1CCN(C[C@@H](O)COc2cccc3ncccc23)CC1.[Li+]. The largest absolute Gasteiger partial charge is 1.00 e. The van der Waals surface area contributed by atoms with E-state index in [1.165, 1.54) is 0 Å². The number of rotatable bonds is 6. The summed E-state index contributed by atoms with van der Waals surface area (Å²) in [6.45, 7) is 1.99. The molecule has 1 atom stereocenters. The number of hydrogen-bond acceptors (Lipinski definition) is 6. The van der Waals surface area contributed by atoms with E-state index in [-0.39, 0.29) is 31.4 Å². The van der Waals surface area contributed by atoms with Crippen LogP contribution in [0, 0.1) is 5.92 Å². The first-order valence-electron chi connectivity index (χ1n) is 8.21. The number of hydrogen-bond donors (Lipinski definition) is 1. The molecule has 1 saturated heterocycles. The van der Waals surface area contributed by atoms with Gasteiger partial charge in [-0.25, -0.2) is 0 Å². The molecule has 1 aliphatic heterocycles. The van der Waals surface area contributed by atoms with Gasteiger partial charge in [-0.2, -0.15) is 0 Å². The van der Waals surface area contributed by atoms with Crippen molar-refractivity contribution in [3.63, 3.8) is 0 Å². The predicted octanol–water partition coefficient (Wildman–Crippen LogP) is -2.56. The number of ether oxygens (including phenoxy) is 1. The van der Waals surface area contributed by atoms with Gasteiger partial charge in [0, 0.05) is 30.0 Å². The number of aromatic nitrogens is 1. The van der Waals surface area contributed by atoms with Gasteiger partial charge in [0.15, 0.2) is 0 Å². The third-order valence-corrected chi connectivity index (χ3v) is 4.43. The second kappa shape index (κ2) is 9.21. The number of aliphatic hydroxyl groups is 1. The van der Waals surface area contributed by atoms with E-state index < -0.39 is 12.1 Å². The van der Waals surface area contributed by atoms with Gasteiger partial charge >= 0.3 is 18.9 Å². The number of benzene rings is 1. The second-order valence-electron chi connectivity index (χ2n) is 6.18. The molecule has 0 radical (unpaired) electrons. The van der Waals surface area contributed by atoms with Gasteiger partial charge in [-0.3, -0.25) is 4.98 Å². The van der Waals surface area contributed by atoms with Crippen LogP contribution in [0.5, 0.6) is 5.75 Å². The summed E-state index contributed by atoms with van der Waals surface area (Å²) in [7, 11) is 0. The smallest absolute Gasteiger partial charge is 0.550 e. The number of β-amino-alcohol motifs (C(OH)–C–C–N with tert-alkyl or cyclic N) is 1. The molecule has 1 aliphatic rings. The van der Waals surface area contributed by atoms with Gasteiger partial charge in [-0.1, -0.05) is 6.07 Å². The van der Waals surface area contributed by atoms with Crippen molar-refractivity contribution in [1.29, 1.82) is 0 Å². The summed E-state index contributed by atoms with van der Waals surface area (Å²) in [5.41, 5.74) is 0.855. The Morgan fingerprint density at radius 1 is 1.32 bits per heavy atom. The maximum absolute atomic E-state index is 10.8. The fraction of sp³-hybridized carbons (Fsp3) is 0.444. The van der Waals surface area contributed by atoms with Gasteiger partial charge in [-0.15, -0.1) is 0 Å². The molecule has 25 heavy (non-hydrogen) atoms. The van der Waals surface area contributed by atoms with Crippen molar-refractivity contribution < 1.29 is 38.6 Å². The normalized spacial score (nSPS) is 17.0. The molecule has 0 bridgehead atoms. The van der Waals surface area contributed by atoms with Crippen molar-refractivity contribution in [2.75, 3.05) is 26.2 Å². The number of carbonyl (C=O) groups is 1. The Kier molecular flexibility index (Phi) is 7.27. The number of nitrogens with zero attached hydrogens (tertiary/aromatic N) is 2. The van der Waals surface area contributed by atoms with Crippen molar-refractivity contribution in [1.82, 2.24) is 9.88 Å². The van der Waals surface area contributed by atoms with Gasteiger partial charge < -0.3 is 24.6 Å². The van der Waals surface area contributed by atoms with E-state index in [0.717, 1.165) is 10.9 Å². The number of fused-ring (bicyclic) bond motifs is 1. The van der Waals surface area contributed by atoms with E-state index in [1.807, 2.05) is 30.3 Å². The number of likely N-dealkylation sites (tertiary alicyclic amines) is 1. The van der Waals surface area contributed by atoms with Crippen molar-refractivity contribution in [3.05, 3.63) is 36.5 Å². The third kappa shape index (κ3) is 5.19. The topological polar surface area (TPSA) is 85.7 Å². The zero-order chi connectivity index (χ0) is 16.9. The summed E-state index contributed by atoms with van der Waals surface area (Å²) in [4.78, 5) is 17.2. The van der Waals surface area contributed by atoms with Crippen LogP contribution in [0.2, 0.25) is 0 Å². The number of carboxylic acids is 1. The minimum Gasteiger partial charge on any atom is -0.550 e. The molecule has 1 aromatic carbocycles. The Bertz CT molecular complexity index is 699. The Balaban J connectivity index is 0.00000225. The average molecular weight is 336 g/mol. The standard InChI is InChI=1S/C18H22N2O4.Li/c21-14(11-20-9-6-13(7-10-20)18(22)23)12-24-17-5-1-4-16-15(17)3-2-8-19-16;/h1-5,8,13-14,21H,6-7,9-12H2,(H,22,23);/q;+1/p-1/t14-;/m1./s1. The molecule has 3 rings (SSSR count). The van der Waals surface area contributed by atoms with Crippen molar-refractivity contribution in [2.24, 2.45) is 5.92 Å². The zero-order valence-electron chi connectivity index (χ0n) is 14.4. The summed E-state index contributed by atoms with van der Waals surface area (Å²) < 4.78 is 5.76. The number of piperidine rings is 1. The molecule has 2 aromatic rings. The Hall–Kier alpha value is -1.58. The molecular weight excluding hydrogens is 315 g/mol. The Morgan fingerprint density at radius 3 is 2.80 bits per heavy atom. The van der Waals surface area contributed by atoms with E-state index in [1.54, 1.807) is 6.20 Å². The number of aliphatic hydroxyl groups excluding tert-OH is 1. The van der Waals surface area contributed by atoms with E-state index in [4.69, 9.17) is 4.74 Å². The summed E-state index contributed by atoms with van der Waals surface area (Å²) in [5, 5.41) is 22.0. The summed E-state index contributed by atoms with van der Waals surface area (Å²) in [5.74, 6) is -0.628. The Labute approximate surface area is 159 Å². The molecule has 0 aliphatic carbocycles. The molecule has 2 heterocycles. The number of pyridine rings is 1. The molecule has 128 valence electrons. The summed E-state index contributed by atoms with van der Waals surface area (Å²) in [6.07, 6.45) is 2.25. The minimum atomic E-state index is -0.969. The van der Waals surface area contributed by atoms with E-state index in [0.29, 0.717) is 38.2 Å². The first-order chi connectivity index (χ1) is 11.6. The van der Waals surface area contributed by atoms with Crippen LogP contribution in [0.25, 0.3) is 10.9 Å². The van der Waals surface area contributed by atoms with Crippen LogP contribution in [-0.4, -0.2) is 53.3 Å². The number of aliphatic carboxylic acids is 1. The summed E-state index contributed by atoms with van der Waals surface area (Å²) >= 11 is 0. The predicted molar refractivity (Wildman–Crippen MR) is 87.4 cm³/mol. The van der Waals surface area contributed by atoms with Gasteiger partial charge in [0.1, 0.15) is 18.5 Å². The van der Waals surface area contributed by atoms with Crippen LogP contribution in [0.4, 0.5) is 0 Å². The minimum absolute atomic E-state index is 0. The van der Waals surface area contributed by atoms with Gasteiger partial charge in [0.05, 0.1) is 5.52 Å². The molecular formula is C18H21LiN2O4. The molecule has 7 heteroatoms. The van der Waals surface area contributed by atoms with Crippen LogP contribution in [0.3, 0.4) is 0 Å². The fourth-order valence-electron chi connectivity index (χ4n) is 3.09. The van der Waals surface area contributed by atoms with E-state index in [9.17, 15) is 15.0 Å². The molecule has 0 amide bonds. The molecule has 6 nitrogen and oxygen atoms in total. The average Bonchev–Trinajstić information content (AvgIpc) is 2.60. The Morgan fingerprint density at radius 2 is 2.08 bits per heavy atom. The van der Waals surface area contributed by atoms with Crippen LogP contribution < -0.4 is 28.7 Å². The van der Waals surface area contributed by atoms with Crippen molar-refractivity contribution >= 4 is 16.9 Å². The molecule has 0 unspecified atom stereocenters. The van der Waals surface area contributed by atoms with E-state index in [2.05, 4.69) is 9.88 Å². The number of carboxylic acid groups (broad SMARTS) is 1. The van der Waals surface area contributed by atoms with Gasteiger partial charge in [0.25, 0.3) is 0 Å². The summed E-state index contributed by atoms with van der Waals surface area (Å²) in [6, 6.07) is 9.45. The molecule has 0 saturated carbocycles. The molecule has 1 fully saturated rings. The first kappa shape index (κ1) is 19.7. The van der Waals surface area contributed by atoms with Crippen LogP contribution in [0.1, 0.15) is 12.8 Å². The van der Waals surface area contributed by atoms with Crippen LogP contribution in [0.15, 0.2) is 36.5 Å². The van der Waals surface area contributed by atoms with Crippen LogP contribution >= 0.6 is 0 Å². The molecule has 1 N–H and O–H groups in total.